The first-order valence-electron chi connectivity index (χ1n) is 12.0. The maximum Gasteiger partial charge on any atom is 0.224 e. The van der Waals surface area contributed by atoms with E-state index in [4.69, 9.17) is 0 Å². The molecule has 0 aromatic carbocycles. The maximum atomic E-state index is 16.0. The number of nitrogens with zero attached hydrogens (tertiary/aromatic N) is 6. The largest absolute Gasteiger partial charge is 0.335 e. The zero-order valence-corrected chi connectivity index (χ0v) is 20.5. The van der Waals surface area contributed by atoms with E-state index in [1.165, 1.54) is 18.6 Å². The third-order valence-corrected chi connectivity index (χ3v) is 6.02. The minimum absolute atomic E-state index is 0.0814. The van der Waals surface area contributed by atoms with Crippen LogP contribution < -0.4 is 5.32 Å². The van der Waals surface area contributed by atoms with E-state index in [1.807, 2.05) is 32.0 Å². The van der Waals surface area contributed by atoms with E-state index >= 15 is 4.39 Å². The molecule has 6 rings (SSSR count). The number of H-pyrrole nitrogens is 2. The summed E-state index contributed by atoms with van der Waals surface area (Å²) in [6.45, 7) is 3.92. The van der Waals surface area contributed by atoms with Crippen LogP contribution in [0.3, 0.4) is 0 Å². The van der Waals surface area contributed by atoms with Crippen molar-refractivity contribution in [2.24, 2.45) is 5.92 Å². The second-order valence-corrected chi connectivity index (χ2v) is 9.27. The molecule has 0 spiro atoms. The number of halogens is 1. The average Bonchev–Trinajstić information content (AvgIpc) is 3.54. The third kappa shape index (κ3) is 4.23. The van der Waals surface area contributed by atoms with Crippen LogP contribution in [-0.4, -0.2) is 46.0 Å². The molecule has 188 valence electrons. The monoisotopic (exact) mass is 507 g/mol. The van der Waals surface area contributed by atoms with Gasteiger partial charge in [-0.1, -0.05) is 19.9 Å². The number of aromatic nitrogens is 8. The van der Waals surface area contributed by atoms with Gasteiger partial charge in [-0.25, -0.2) is 14.4 Å². The molecule has 10 nitrogen and oxygen atoms in total. The zero-order chi connectivity index (χ0) is 26.2. The molecule has 0 radical (unpaired) electrons. The van der Waals surface area contributed by atoms with Crippen molar-refractivity contribution in [2.45, 2.75) is 20.3 Å². The number of rotatable bonds is 6. The van der Waals surface area contributed by atoms with Crippen molar-refractivity contribution < 1.29 is 9.18 Å². The van der Waals surface area contributed by atoms with E-state index in [9.17, 15) is 4.79 Å². The molecule has 11 heteroatoms. The van der Waals surface area contributed by atoms with Crippen LogP contribution >= 0.6 is 0 Å². The number of fused-ring (bicyclic) bond motifs is 2. The molecule has 0 saturated carbocycles. The number of carbonyl (C=O) groups excluding carboxylic acids is 1. The number of hydrogen-bond acceptors (Lipinski definition) is 7. The molecule has 3 N–H and O–H groups in total. The average molecular weight is 508 g/mol. The Hall–Kier alpha value is -5.06. The molecular weight excluding hydrogens is 485 g/mol. The topological polar surface area (TPSA) is 138 Å². The van der Waals surface area contributed by atoms with Gasteiger partial charge in [0.15, 0.2) is 17.3 Å². The van der Waals surface area contributed by atoms with Gasteiger partial charge in [0, 0.05) is 47.9 Å². The Kier molecular flexibility index (Phi) is 5.79. The second-order valence-electron chi connectivity index (χ2n) is 9.27. The van der Waals surface area contributed by atoms with Crippen molar-refractivity contribution in [3.05, 3.63) is 67.3 Å². The first kappa shape index (κ1) is 23.3. The van der Waals surface area contributed by atoms with Crippen LogP contribution in [0.2, 0.25) is 0 Å². The number of carbonyl (C=O) groups is 1. The highest BCUT2D eigenvalue weighted by molar-refractivity contribution is 5.97. The minimum atomic E-state index is -0.584. The molecule has 0 fully saturated rings. The molecule has 0 aliphatic rings. The van der Waals surface area contributed by atoms with Crippen LogP contribution in [0.1, 0.15) is 20.3 Å². The Morgan fingerprint density at radius 3 is 2.71 bits per heavy atom. The Balaban J connectivity index is 1.42. The van der Waals surface area contributed by atoms with Gasteiger partial charge in [0.1, 0.15) is 11.4 Å². The van der Waals surface area contributed by atoms with Crippen molar-refractivity contribution in [3.63, 3.8) is 0 Å². The number of hydrogen-bond donors (Lipinski definition) is 3. The van der Waals surface area contributed by atoms with Gasteiger partial charge in [-0.2, -0.15) is 5.10 Å². The predicted octanol–water partition coefficient (Wildman–Crippen LogP) is 5.14. The van der Waals surface area contributed by atoms with Gasteiger partial charge in [0.2, 0.25) is 5.91 Å². The fraction of sp³-hybridized carbons (Fsp3) is 0.148. The number of pyridine rings is 4. The van der Waals surface area contributed by atoms with Gasteiger partial charge in [-0.05, 0) is 24.1 Å². The number of aromatic amines is 2. The number of amides is 1. The van der Waals surface area contributed by atoms with Gasteiger partial charge in [-0.15, -0.1) is 0 Å². The van der Waals surface area contributed by atoms with Gasteiger partial charge in [0.25, 0.3) is 0 Å². The molecule has 38 heavy (non-hydrogen) atoms. The Bertz CT molecular complexity index is 1790. The lowest BCUT2D eigenvalue weighted by atomic mass is 10.1. The Labute approximate surface area is 215 Å². The standard InChI is InChI=1S/C27H22FN9O/c1-14(2)8-20(38)33-17-9-16(11-30-12-17)23-22(28)21-19(13-32-23)36-37-25(21)27-34-24-18(5-7-31-26(24)35-27)15-4-3-6-29-10-15/h3-7,9-14H,8H2,1-2H3,(H,33,38)(H,36,37)(H,31,34,35). The van der Waals surface area contributed by atoms with E-state index in [2.05, 4.69) is 45.4 Å². The molecule has 6 aromatic heterocycles. The summed E-state index contributed by atoms with van der Waals surface area (Å²) < 4.78 is 16.0. The molecule has 0 aliphatic carbocycles. The van der Waals surface area contributed by atoms with Crippen molar-refractivity contribution >= 4 is 33.7 Å². The molecule has 0 atom stereocenters. The molecule has 6 aromatic rings. The number of imidazole rings is 1. The normalized spacial score (nSPS) is 11.5. The van der Waals surface area contributed by atoms with Crippen LogP contribution in [0.15, 0.2) is 61.4 Å². The first-order valence-corrected chi connectivity index (χ1v) is 12.0. The van der Waals surface area contributed by atoms with Crippen LogP contribution in [0, 0.1) is 11.7 Å². The van der Waals surface area contributed by atoms with Crippen molar-refractivity contribution in [1.82, 2.24) is 40.1 Å². The first-order chi connectivity index (χ1) is 18.5. The van der Waals surface area contributed by atoms with E-state index in [0.717, 1.165) is 11.1 Å². The highest BCUT2D eigenvalue weighted by Gasteiger charge is 2.22. The van der Waals surface area contributed by atoms with Gasteiger partial charge in [0.05, 0.1) is 34.5 Å². The quantitative estimate of drug-likeness (QED) is 0.284. The third-order valence-electron chi connectivity index (χ3n) is 6.02. The Morgan fingerprint density at radius 1 is 1.03 bits per heavy atom. The molecule has 0 saturated heterocycles. The summed E-state index contributed by atoms with van der Waals surface area (Å²) in [5, 5.41) is 10.2. The van der Waals surface area contributed by atoms with Gasteiger partial charge in [-0.3, -0.25) is 24.8 Å². The Morgan fingerprint density at radius 2 is 1.89 bits per heavy atom. The smallest absolute Gasteiger partial charge is 0.224 e. The molecule has 0 aliphatic heterocycles. The summed E-state index contributed by atoms with van der Waals surface area (Å²) in [4.78, 5) is 37.1. The molecular formula is C27H22FN9O. The van der Waals surface area contributed by atoms with E-state index < -0.39 is 5.82 Å². The van der Waals surface area contributed by atoms with Gasteiger partial charge < -0.3 is 10.3 Å². The predicted molar refractivity (Wildman–Crippen MR) is 141 cm³/mol. The van der Waals surface area contributed by atoms with Crippen LogP contribution in [0.5, 0.6) is 0 Å². The molecule has 0 bridgehead atoms. The maximum absolute atomic E-state index is 16.0. The van der Waals surface area contributed by atoms with Crippen LogP contribution in [0.25, 0.3) is 56.0 Å². The summed E-state index contributed by atoms with van der Waals surface area (Å²) in [6.07, 6.45) is 10.0. The zero-order valence-electron chi connectivity index (χ0n) is 20.5. The summed E-state index contributed by atoms with van der Waals surface area (Å²) in [7, 11) is 0. The van der Waals surface area contributed by atoms with E-state index in [1.54, 1.807) is 24.7 Å². The molecule has 1 amide bonds. The van der Waals surface area contributed by atoms with E-state index in [-0.39, 0.29) is 22.9 Å². The van der Waals surface area contributed by atoms with Crippen molar-refractivity contribution in [3.8, 4) is 33.9 Å². The highest BCUT2D eigenvalue weighted by Crippen LogP contribution is 2.34. The SMILES string of the molecule is CC(C)CC(=O)Nc1cncc(-c2ncc3[nH]nc(-c4nc5nccc(-c6cccnc6)c5[nH]4)c3c2F)c1. The molecule has 0 unspecified atom stereocenters. The summed E-state index contributed by atoms with van der Waals surface area (Å²) >= 11 is 0. The van der Waals surface area contributed by atoms with Gasteiger partial charge >= 0.3 is 0 Å². The van der Waals surface area contributed by atoms with E-state index in [0.29, 0.717) is 45.9 Å². The minimum Gasteiger partial charge on any atom is -0.335 e. The van der Waals surface area contributed by atoms with Crippen molar-refractivity contribution in [1.29, 1.82) is 0 Å². The lowest BCUT2D eigenvalue weighted by Crippen LogP contribution is -2.14. The van der Waals surface area contributed by atoms with Crippen molar-refractivity contribution in [2.75, 3.05) is 5.32 Å². The van der Waals surface area contributed by atoms with Crippen LogP contribution in [-0.2, 0) is 4.79 Å². The lowest BCUT2D eigenvalue weighted by Gasteiger charge is -2.09. The summed E-state index contributed by atoms with van der Waals surface area (Å²) in [5.74, 6) is -0.149. The second kappa shape index (κ2) is 9.43. The van der Waals surface area contributed by atoms with Crippen LogP contribution in [0.4, 0.5) is 10.1 Å². The summed E-state index contributed by atoms with van der Waals surface area (Å²) in [6, 6.07) is 7.31. The molecule has 6 heterocycles. The number of anilines is 1. The fourth-order valence-corrected chi connectivity index (χ4v) is 4.35. The highest BCUT2D eigenvalue weighted by atomic mass is 19.1. The lowest BCUT2D eigenvalue weighted by molar-refractivity contribution is -0.116. The summed E-state index contributed by atoms with van der Waals surface area (Å²) in [5.41, 5.74) is 4.60. The number of nitrogens with one attached hydrogen (secondary N) is 3. The fourth-order valence-electron chi connectivity index (χ4n) is 4.35.